The molecule has 0 fully saturated rings. The molecule has 29 heavy (non-hydrogen) atoms. The van der Waals surface area contributed by atoms with Crippen molar-refractivity contribution in [1.29, 1.82) is 5.26 Å². The molecule has 2 aliphatic heterocycles. The van der Waals surface area contributed by atoms with E-state index in [0.29, 0.717) is 11.3 Å². The Morgan fingerprint density at radius 1 is 1.10 bits per heavy atom. The summed E-state index contributed by atoms with van der Waals surface area (Å²) in [5.74, 6) is -2.61. The zero-order valence-electron chi connectivity index (χ0n) is 14.8. The van der Waals surface area contributed by atoms with Crippen LogP contribution in [0, 0.1) is 17.2 Å². The minimum absolute atomic E-state index is 0.105. The Hall–Kier alpha value is -3.18. The summed E-state index contributed by atoms with van der Waals surface area (Å²) in [5.41, 5.74) is 5.57. The maximum Gasteiger partial charge on any atom is 0.431 e. The molecule has 0 saturated carbocycles. The van der Waals surface area contributed by atoms with Crippen molar-refractivity contribution in [3.8, 4) is 6.07 Å². The highest BCUT2D eigenvalue weighted by Crippen LogP contribution is 2.49. The zero-order valence-corrected chi connectivity index (χ0v) is 15.5. The molecule has 3 atom stereocenters. The number of rotatable bonds is 2. The molecular formula is C20H14ClF3N4O. The van der Waals surface area contributed by atoms with E-state index >= 15 is 0 Å². The van der Waals surface area contributed by atoms with Crippen LogP contribution in [0.1, 0.15) is 11.5 Å². The lowest BCUT2D eigenvalue weighted by molar-refractivity contribution is -0.0658. The molecule has 0 aromatic heterocycles. The van der Waals surface area contributed by atoms with Crippen molar-refractivity contribution in [3.63, 3.8) is 0 Å². The van der Waals surface area contributed by atoms with Gasteiger partial charge in [-0.3, -0.25) is 0 Å². The van der Waals surface area contributed by atoms with Gasteiger partial charge in [0.15, 0.2) is 5.71 Å². The van der Waals surface area contributed by atoms with Crippen molar-refractivity contribution in [2.24, 2.45) is 16.8 Å². The molecule has 2 heterocycles. The number of hydrogen-bond acceptors (Lipinski definition) is 5. The Balaban J connectivity index is 1.93. The van der Waals surface area contributed by atoms with Gasteiger partial charge in [-0.2, -0.15) is 23.5 Å². The van der Waals surface area contributed by atoms with E-state index in [1.165, 1.54) is 0 Å². The van der Waals surface area contributed by atoms with Crippen LogP contribution in [0.4, 0.5) is 18.9 Å². The van der Waals surface area contributed by atoms with Gasteiger partial charge >= 0.3 is 6.18 Å². The summed E-state index contributed by atoms with van der Waals surface area (Å²) in [6.07, 6.45) is -5.91. The van der Waals surface area contributed by atoms with Crippen molar-refractivity contribution in [2.75, 3.05) is 5.01 Å². The topological polar surface area (TPSA) is 74.6 Å². The van der Waals surface area contributed by atoms with E-state index in [4.69, 9.17) is 22.1 Å². The fourth-order valence-corrected chi connectivity index (χ4v) is 3.98. The monoisotopic (exact) mass is 418 g/mol. The van der Waals surface area contributed by atoms with Gasteiger partial charge in [-0.05, 0) is 23.8 Å². The van der Waals surface area contributed by atoms with E-state index < -0.39 is 30.0 Å². The predicted molar refractivity (Wildman–Crippen MR) is 102 cm³/mol. The first-order valence-corrected chi connectivity index (χ1v) is 9.01. The second-order valence-electron chi connectivity index (χ2n) is 6.59. The Morgan fingerprint density at radius 2 is 1.76 bits per heavy atom. The lowest BCUT2D eigenvalue weighted by atomic mass is 9.76. The van der Waals surface area contributed by atoms with Gasteiger partial charge in [0.2, 0.25) is 12.1 Å². The molecule has 2 aromatic carbocycles. The normalized spacial score (nSPS) is 23.9. The second-order valence-corrected chi connectivity index (χ2v) is 6.99. The summed E-state index contributed by atoms with van der Waals surface area (Å²) in [4.78, 5) is 0. The third-order valence-corrected chi connectivity index (χ3v) is 5.28. The van der Waals surface area contributed by atoms with Crippen LogP contribution >= 0.6 is 11.6 Å². The summed E-state index contributed by atoms with van der Waals surface area (Å²) in [6.45, 7) is 0. The fraction of sp³-hybridized carbons (Fsp3) is 0.200. The zero-order chi connectivity index (χ0) is 20.8. The van der Waals surface area contributed by atoms with E-state index in [1.54, 1.807) is 54.6 Å². The summed E-state index contributed by atoms with van der Waals surface area (Å²) in [7, 11) is 0. The van der Waals surface area contributed by atoms with Crippen LogP contribution in [0.25, 0.3) is 0 Å². The van der Waals surface area contributed by atoms with Crippen molar-refractivity contribution < 1.29 is 17.9 Å². The number of halogens is 4. The smallest absolute Gasteiger partial charge is 0.431 e. The maximum atomic E-state index is 14.0. The van der Waals surface area contributed by atoms with Crippen LogP contribution in [0.15, 0.2) is 71.2 Å². The molecule has 0 spiro atoms. The number of benzene rings is 2. The Kier molecular flexibility index (Phi) is 4.63. The first-order chi connectivity index (χ1) is 13.8. The number of alkyl halides is 3. The highest BCUT2D eigenvalue weighted by atomic mass is 35.5. The number of hydrogen-bond donors (Lipinski definition) is 1. The molecule has 148 valence electrons. The number of nitrogens with two attached hydrogens (primary N) is 1. The van der Waals surface area contributed by atoms with Crippen LogP contribution < -0.4 is 10.7 Å². The van der Waals surface area contributed by atoms with E-state index in [2.05, 4.69) is 5.10 Å². The Bertz CT molecular complexity index is 1050. The van der Waals surface area contributed by atoms with Crippen LogP contribution in [0.5, 0.6) is 0 Å². The number of nitrogens with zero attached hydrogens (tertiary/aromatic N) is 3. The van der Waals surface area contributed by atoms with Crippen molar-refractivity contribution in [2.45, 2.75) is 18.3 Å². The van der Waals surface area contributed by atoms with Crippen LogP contribution in [0.2, 0.25) is 5.02 Å². The Labute approximate surface area is 169 Å². The van der Waals surface area contributed by atoms with Gasteiger partial charge in [-0.25, -0.2) is 5.01 Å². The van der Waals surface area contributed by atoms with E-state index in [1.807, 2.05) is 6.07 Å². The van der Waals surface area contributed by atoms with Gasteiger partial charge in [-0.15, -0.1) is 0 Å². The van der Waals surface area contributed by atoms with Gasteiger partial charge in [-0.1, -0.05) is 48.0 Å². The standard InChI is InChI=1S/C20H14ClF3N4O/c21-14-9-5-4-8-12(14)15-13(10-25)18(26)29-19-16(15)17(20(22,23)24)27-28(19)11-6-2-1-3-7-11/h1-9,15-16,19H,26H2/t15-,16-,19+/m1/s1. The predicted octanol–water partition coefficient (Wildman–Crippen LogP) is 4.53. The molecule has 2 aliphatic rings. The molecule has 0 radical (unpaired) electrons. The molecule has 0 aliphatic carbocycles. The molecule has 2 N–H and O–H groups in total. The third-order valence-electron chi connectivity index (χ3n) is 4.93. The molecule has 4 rings (SSSR count). The van der Waals surface area contributed by atoms with Crippen LogP contribution in [-0.4, -0.2) is 18.1 Å². The lowest BCUT2D eigenvalue weighted by Crippen LogP contribution is -2.46. The molecular weight excluding hydrogens is 405 g/mol. The molecule has 5 nitrogen and oxygen atoms in total. The summed E-state index contributed by atoms with van der Waals surface area (Å²) in [5, 5.41) is 14.9. The average molecular weight is 419 g/mol. The fourth-order valence-electron chi connectivity index (χ4n) is 3.73. The highest BCUT2D eigenvalue weighted by molar-refractivity contribution is 6.31. The van der Waals surface area contributed by atoms with E-state index in [-0.39, 0.29) is 16.5 Å². The van der Waals surface area contributed by atoms with Crippen molar-refractivity contribution in [1.82, 2.24) is 0 Å². The molecule has 0 saturated heterocycles. The summed E-state index contributed by atoms with van der Waals surface area (Å²) in [6, 6.07) is 16.7. The largest absolute Gasteiger partial charge is 0.452 e. The van der Waals surface area contributed by atoms with Gasteiger partial charge < -0.3 is 10.5 Å². The van der Waals surface area contributed by atoms with Crippen molar-refractivity contribution >= 4 is 23.0 Å². The molecule has 0 bridgehead atoms. The van der Waals surface area contributed by atoms with Gasteiger partial charge in [0.1, 0.15) is 6.07 Å². The van der Waals surface area contributed by atoms with Gasteiger partial charge in [0.25, 0.3) is 0 Å². The molecule has 0 unspecified atom stereocenters. The first-order valence-electron chi connectivity index (χ1n) is 8.63. The number of anilines is 1. The Morgan fingerprint density at radius 3 is 2.38 bits per heavy atom. The third kappa shape index (κ3) is 3.17. The number of ether oxygens (including phenoxy) is 1. The number of para-hydroxylation sites is 1. The number of allylic oxidation sites excluding steroid dienone is 1. The van der Waals surface area contributed by atoms with Crippen molar-refractivity contribution in [3.05, 3.63) is 76.6 Å². The second kappa shape index (κ2) is 7.01. The van der Waals surface area contributed by atoms with E-state index in [9.17, 15) is 18.4 Å². The average Bonchev–Trinajstić information content (AvgIpc) is 3.07. The van der Waals surface area contributed by atoms with E-state index in [0.717, 1.165) is 5.01 Å². The SMILES string of the molecule is N#CC1=C(N)O[C@H]2[C@@H](C(C(F)(F)F)=NN2c2ccccc2)[C@@H]1c1ccccc1Cl. The summed E-state index contributed by atoms with van der Waals surface area (Å²) < 4.78 is 47.5. The number of nitriles is 1. The quantitative estimate of drug-likeness (QED) is 0.777. The first kappa shape index (κ1) is 19.2. The van der Waals surface area contributed by atoms with Gasteiger partial charge in [0.05, 0.1) is 17.2 Å². The minimum atomic E-state index is -4.73. The lowest BCUT2D eigenvalue weighted by Gasteiger charge is -2.37. The molecule has 9 heteroatoms. The van der Waals surface area contributed by atoms with Crippen LogP contribution in [0.3, 0.4) is 0 Å². The van der Waals surface area contributed by atoms with Crippen LogP contribution in [-0.2, 0) is 4.74 Å². The van der Waals surface area contributed by atoms with Gasteiger partial charge in [0, 0.05) is 10.9 Å². The number of hydrazone groups is 1. The highest BCUT2D eigenvalue weighted by Gasteiger charge is 2.58. The number of fused-ring (bicyclic) bond motifs is 1. The minimum Gasteiger partial charge on any atom is -0.452 e. The molecule has 0 amide bonds. The summed E-state index contributed by atoms with van der Waals surface area (Å²) >= 11 is 6.28. The maximum absolute atomic E-state index is 14.0. The molecule has 2 aromatic rings.